The van der Waals surface area contributed by atoms with Crippen LogP contribution in [0.5, 0.6) is 5.75 Å². The number of nitrogens with zero attached hydrogens (tertiary/aromatic N) is 1. The molecule has 0 bridgehead atoms. The van der Waals surface area contributed by atoms with Crippen molar-refractivity contribution >= 4 is 27.7 Å². The lowest BCUT2D eigenvalue weighted by molar-refractivity contribution is -0.165. The summed E-state index contributed by atoms with van der Waals surface area (Å²) in [7, 11) is 1.62. The van der Waals surface area contributed by atoms with Gasteiger partial charge in [-0.1, -0.05) is 37.5 Å². The number of hydrogen-bond donors (Lipinski definition) is 1. The zero-order chi connectivity index (χ0) is 19.7. The molecule has 1 saturated carbocycles. The van der Waals surface area contributed by atoms with Gasteiger partial charge in [0.05, 0.1) is 17.5 Å². The fraction of sp³-hybridized carbons (Fsp3) is 0.545. The van der Waals surface area contributed by atoms with E-state index in [1.807, 2.05) is 18.2 Å². The van der Waals surface area contributed by atoms with Crippen LogP contribution in [-0.2, 0) is 9.59 Å². The molecule has 2 amide bonds. The second kappa shape index (κ2) is 8.27. The number of fused-ring (bicyclic) bond motifs is 1. The highest BCUT2D eigenvalue weighted by atomic mass is 79.9. The van der Waals surface area contributed by atoms with E-state index in [0.29, 0.717) is 5.75 Å². The summed E-state index contributed by atoms with van der Waals surface area (Å²) in [6, 6.07) is 5.38. The normalized spacial score (nSPS) is 25.6. The number of methoxy groups -OCH3 is 1. The number of benzene rings is 1. The third kappa shape index (κ3) is 3.59. The third-order valence-electron chi connectivity index (χ3n) is 6.30. The highest BCUT2D eigenvalue weighted by Gasteiger charge is 2.52. The predicted octanol–water partition coefficient (Wildman–Crippen LogP) is 4.12. The number of allylic oxidation sites excluding steroid dienone is 1. The van der Waals surface area contributed by atoms with Crippen LogP contribution in [0.4, 0.5) is 0 Å². The molecule has 5 nitrogen and oxygen atoms in total. The molecule has 1 N–H and O–H groups in total. The molecule has 1 aromatic rings. The van der Waals surface area contributed by atoms with E-state index < -0.39 is 6.04 Å². The van der Waals surface area contributed by atoms with Crippen molar-refractivity contribution in [2.75, 3.05) is 7.11 Å². The Kier molecular flexibility index (Phi) is 5.76. The zero-order valence-corrected chi connectivity index (χ0v) is 17.8. The zero-order valence-electron chi connectivity index (χ0n) is 16.2. The maximum atomic E-state index is 13.4. The van der Waals surface area contributed by atoms with Crippen molar-refractivity contribution in [3.05, 3.63) is 40.4 Å². The largest absolute Gasteiger partial charge is 0.496 e. The quantitative estimate of drug-likeness (QED) is 0.546. The molecule has 6 heteroatoms. The fourth-order valence-electron chi connectivity index (χ4n) is 4.78. The number of β-lactam (4-membered cyclic amide) rings is 1. The SMILES string of the molecule is COc1ccc(C(C(=O)NC2CCCCC2)N2C(=O)[C@@H]3CC=CC[C@@H]32)cc1Br. The summed E-state index contributed by atoms with van der Waals surface area (Å²) < 4.78 is 6.12. The summed E-state index contributed by atoms with van der Waals surface area (Å²) in [6.45, 7) is 0. The van der Waals surface area contributed by atoms with Crippen molar-refractivity contribution in [2.24, 2.45) is 5.92 Å². The predicted molar refractivity (Wildman–Crippen MR) is 111 cm³/mol. The van der Waals surface area contributed by atoms with Crippen LogP contribution in [0.1, 0.15) is 56.6 Å². The summed E-state index contributed by atoms with van der Waals surface area (Å²) in [5.41, 5.74) is 0.822. The summed E-state index contributed by atoms with van der Waals surface area (Å²) in [5.74, 6) is 0.760. The van der Waals surface area contributed by atoms with Crippen LogP contribution >= 0.6 is 15.9 Å². The number of amides is 2. The molecule has 1 aliphatic heterocycles. The van der Waals surface area contributed by atoms with Gasteiger partial charge in [-0.05, 0) is 59.3 Å². The minimum Gasteiger partial charge on any atom is -0.496 e. The van der Waals surface area contributed by atoms with Gasteiger partial charge in [0.1, 0.15) is 11.8 Å². The second-order valence-corrected chi connectivity index (χ2v) is 8.86. The molecule has 150 valence electrons. The number of rotatable bonds is 5. The molecule has 1 saturated heterocycles. The molecule has 3 atom stereocenters. The van der Waals surface area contributed by atoms with Gasteiger partial charge in [0.2, 0.25) is 11.8 Å². The van der Waals surface area contributed by atoms with Gasteiger partial charge in [-0.2, -0.15) is 0 Å². The molecule has 1 unspecified atom stereocenters. The minimum atomic E-state index is -0.593. The van der Waals surface area contributed by atoms with Crippen LogP contribution in [0.25, 0.3) is 0 Å². The Morgan fingerprint density at radius 2 is 1.96 bits per heavy atom. The molecule has 0 aromatic heterocycles. The van der Waals surface area contributed by atoms with Crippen molar-refractivity contribution in [1.82, 2.24) is 10.2 Å². The highest BCUT2D eigenvalue weighted by molar-refractivity contribution is 9.10. The monoisotopic (exact) mass is 446 g/mol. The first-order valence-corrected chi connectivity index (χ1v) is 11.0. The standard InChI is InChI=1S/C22H27BrN2O3/c1-28-19-12-11-14(13-17(19)23)20(21(26)24-15-7-3-2-4-8-15)25-18-10-6-5-9-16(18)22(25)27/h5-6,11-13,15-16,18,20H,2-4,7-10H2,1H3,(H,24,26)/t16-,18+,20?/m1/s1. The molecule has 28 heavy (non-hydrogen) atoms. The van der Waals surface area contributed by atoms with Crippen LogP contribution in [0.15, 0.2) is 34.8 Å². The summed E-state index contributed by atoms with van der Waals surface area (Å²) in [4.78, 5) is 28.1. The van der Waals surface area contributed by atoms with Crippen molar-refractivity contribution in [3.8, 4) is 5.75 Å². The maximum Gasteiger partial charge on any atom is 0.247 e. The maximum absolute atomic E-state index is 13.4. The molecular weight excluding hydrogens is 420 g/mol. The van der Waals surface area contributed by atoms with E-state index >= 15 is 0 Å². The van der Waals surface area contributed by atoms with Gasteiger partial charge in [0.25, 0.3) is 0 Å². The lowest BCUT2D eigenvalue weighted by Crippen LogP contribution is -2.64. The first kappa shape index (κ1) is 19.5. The number of carbonyl (C=O) groups excluding carboxylic acids is 2. The van der Waals surface area contributed by atoms with Crippen molar-refractivity contribution in [2.45, 2.75) is 63.1 Å². The van der Waals surface area contributed by atoms with E-state index in [4.69, 9.17) is 4.74 Å². The number of likely N-dealkylation sites (tertiary alicyclic amines) is 1. The van der Waals surface area contributed by atoms with Crippen LogP contribution in [0.3, 0.4) is 0 Å². The van der Waals surface area contributed by atoms with E-state index in [1.165, 1.54) is 6.42 Å². The summed E-state index contributed by atoms with van der Waals surface area (Å²) in [6.07, 6.45) is 11.4. The molecule has 0 radical (unpaired) electrons. The number of ether oxygens (including phenoxy) is 1. The van der Waals surface area contributed by atoms with Crippen molar-refractivity contribution < 1.29 is 14.3 Å². The number of halogens is 1. The Balaban J connectivity index is 1.62. The van der Waals surface area contributed by atoms with Crippen LogP contribution in [0.2, 0.25) is 0 Å². The van der Waals surface area contributed by atoms with Gasteiger partial charge < -0.3 is 15.0 Å². The van der Waals surface area contributed by atoms with Gasteiger partial charge in [0, 0.05) is 12.1 Å². The van der Waals surface area contributed by atoms with E-state index in [-0.39, 0.29) is 29.8 Å². The number of nitrogens with one attached hydrogen (secondary N) is 1. The lowest BCUT2D eigenvalue weighted by Gasteiger charge is -2.51. The summed E-state index contributed by atoms with van der Waals surface area (Å²) >= 11 is 3.53. The Bertz CT molecular complexity index is 788. The molecule has 1 heterocycles. The first-order valence-electron chi connectivity index (χ1n) is 10.2. The first-order chi connectivity index (χ1) is 13.6. The second-order valence-electron chi connectivity index (χ2n) is 8.00. The van der Waals surface area contributed by atoms with Crippen LogP contribution in [0, 0.1) is 5.92 Å². The van der Waals surface area contributed by atoms with E-state index in [1.54, 1.807) is 12.0 Å². The smallest absolute Gasteiger partial charge is 0.247 e. The van der Waals surface area contributed by atoms with Gasteiger partial charge in [-0.15, -0.1) is 0 Å². The van der Waals surface area contributed by atoms with Crippen LogP contribution in [-0.4, -0.2) is 35.9 Å². The highest BCUT2D eigenvalue weighted by Crippen LogP contribution is 2.42. The minimum absolute atomic E-state index is 0.0247. The van der Waals surface area contributed by atoms with Crippen LogP contribution < -0.4 is 10.1 Å². The van der Waals surface area contributed by atoms with Gasteiger partial charge >= 0.3 is 0 Å². The molecular formula is C22H27BrN2O3. The molecule has 2 fully saturated rings. The Morgan fingerprint density at radius 1 is 1.21 bits per heavy atom. The number of carbonyl (C=O) groups is 2. The Morgan fingerprint density at radius 3 is 2.68 bits per heavy atom. The van der Waals surface area contributed by atoms with E-state index in [2.05, 4.69) is 33.4 Å². The average Bonchev–Trinajstić information content (AvgIpc) is 2.72. The molecule has 0 spiro atoms. The van der Waals surface area contributed by atoms with Gasteiger partial charge in [-0.25, -0.2) is 0 Å². The average molecular weight is 447 g/mol. The fourth-order valence-corrected chi connectivity index (χ4v) is 5.34. The van der Waals surface area contributed by atoms with Crippen molar-refractivity contribution in [1.29, 1.82) is 0 Å². The molecule has 2 aliphatic carbocycles. The Labute approximate surface area is 174 Å². The van der Waals surface area contributed by atoms with E-state index in [0.717, 1.165) is 48.6 Å². The number of hydrogen-bond acceptors (Lipinski definition) is 3. The molecule has 1 aromatic carbocycles. The van der Waals surface area contributed by atoms with Crippen molar-refractivity contribution in [3.63, 3.8) is 0 Å². The third-order valence-corrected chi connectivity index (χ3v) is 6.92. The van der Waals surface area contributed by atoms with Gasteiger partial charge in [-0.3, -0.25) is 9.59 Å². The molecule has 3 aliphatic rings. The van der Waals surface area contributed by atoms with Gasteiger partial charge in [0.15, 0.2) is 0 Å². The lowest BCUT2D eigenvalue weighted by atomic mass is 9.77. The Hall–Kier alpha value is -1.82. The molecule has 4 rings (SSSR count). The topological polar surface area (TPSA) is 58.6 Å². The summed E-state index contributed by atoms with van der Waals surface area (Å²) in [5, 5.41) is 3.23. The van der Waals surface area contributed by atoms with E-state index in [9.17, 15) is 9.59 Å².